The van der Waals surface area contributed by atoms with E-state index in [-0.39, 0.29) is 11.8 Å². The maximum atomic E-state index is 12.8. The predicted molar refractivity (Wildman–Crippen MR) is 86.0 cm³/mol. The fourth-order valence-electron chi connectivity index (χ4n) is 3.64. The van der Waals surface area contributed by atoms with Gasteiger partial charge in [-0.1, -0.05) is 24.3 Å². The van der Waals surface area contributed by atoms with E-state index in [2.05, 4.69) is 0 Å². The zero-order valence-corrected chi connectivity index (χ0v) is 12.6. The summed E-state index contributed by atoms with van der Waals surface area (Å²) >= 11 is 0. The Labute approximate surface area is 129 Å². The third kappa shape index (κ3) is 1.76. The largest absolute Gasteiger partial charge is 0.341 e. The Balaban J connectivity index is 1.76. The number of carbonyl (C=O) groups excluding carboxylic acids is 2. The van der Waals surface area contributed by atoms with Crippen LogP contribution in [0, 0.1) is 0 Å². The first-order valence-electron chi connectivity index (χ1n) is 7.82. The summed E-state index contributed by atoms with van der Waals surface area (Å²) in [5.41, 5.74) is 1.56. The van der Waals surface area contributed by atoms with Crippen LogP contribution in [0.5, 0.6) is 0 Å². The van der Waals surface area contributed by atoms with Crippen molar-refractivity contribution in [3.05, 3.63) is 42.0 Å². The predicted octanol–water partition coefficient (Wildman–Crippen LogP) is 2.81. The molecular formula is C18H18N2O2. The maximum Gasteiger partial charge on any atom is 0.259 e. The Morgan fingerprint density at radius 2 is 1.77 bits per heavy atom. The Kier molecular flexibility index (Phi) is 2.93. The zero-order valence-electron chi connectivity index (χ0n) is 12.6. The van der Waals surface area contributed by atoms with E-state index in [1.54, 1.807) is 4.90 Å². The molecule has 22 heavy (non-hydrogen) atoms. The molecule has 0 unspecified atom stereocenters. The number of nitrogens with zero attached hydrogens (tertiary/aromatic N) is 2. The van der Waals surface area contributed by atoms with Crippen molar-refractivity contribution < 1.29 is 9.59 Å². The Bertz CT molecular complexity index is 773. The van der Waals surface area contributed by atoms with Gasteiger partial charge < -0.3 is 4.90 Å². The lowest BCUT2D eigenvalue weighted by molar-refractivity contribution is -0.131. The molecule has 4 rings (SSSR count). The molecular weight excluding hydrogens is 276 g/mol. The molecule has 0 spiro atoms. The summed E-state index contributed by atoms with van der Waals surface area (Å²) in [7, 11) is 0. The van der Waals surface area contributed by atoms with Crippen LogP contribution in [0.4, 0.5) is 5.69 Å². The van der Waals surface area contributed by atoms with E-state index in [0.717, 1.165) is 42.4 Å². The average molecular weight is 294 g/mol. The fraction of sp³-hybridized carbons (Fsp3) is 0.333. The summed E-state index contributed by atoms with van der Waals surface area (Å²) < 4.78 is 0. The second kappa shape index (κ2) is 4.83. The van der Waals surface area contributed by atoms with Crippen LogP contribution in [0.3, 0.4) is 0 Å². The quantitative estimate of drug-likeness (QED) is 0.854. The van der Waals surface area contributed by atoms with Gasteiger partial charge >= 0.3 is 0 Å². The van der Waals surface area contributed by atoms with Crippen LogP contribution in [-0.2, 0) is 4.79 Å². The topological polar surface area (TPSA) is 40.6 Å². The van der Waals surface area contributed by atoms with Crippen molar-refractivity contribution in [1.29, 1.82) is 0 Å². The molecule has 4 nitrogen and oxygen atoms in total. The molecule has 2 aliphatic heterocycles. The van der Waals surface area contributed by atoms with Crippen molar-refractivity contribution in [2.45, 2.75) is 25.8 Å². The summed E-state index contributed by atoms with van der Waals surface area (Å²) in [6.07, 6.45) is 2.12. The lowest BCUT2D eigenvalue weighted by Gasteiger charge is -2.28. The third-order valence-electron chi connectivity index (χ3n) is 4.75. The summed E-state index contributed by atoms with van der Waals surface area (Å²) in [6, 6.07) is 11.2. The van der Waals surface area contributed by atoms with Gasteiger partial charge in [0.05, 0.1) is 5.69 Å². The molecule has 0 saturated carbocycles. The van der Waals surface area contributed by atoms with Crippen LogP contribution in [0.1, 0.15) is 30.1 Å². The van der Waals surface area contributed by atoms with Gasteiger partial charge in [0.15, 0.2) is 0 Å². The molecule has 112 valence electrons. The summed E-state index contributed by atoms with van der Waals surface area (Å²) in [5.74, 6) is -0.0116. The second-order valence-corrected chi connectivity index (χ2v) is 6.06. The van der Waals surface area contributed by atoms with E-state index in [4.69, 9.17) is 0 Å². The number of hydrogen-bond donors (Lipinski definition) is 0. The third-order valence-corrected chi connectivity index (χ3v) is 4.75. The molecule has 2 aromatic rings. The van der Waals surface area contributed by atoms with Crippen LogP contribution < -0.4 is 4.90 Å². The van der Waals surface area contributed by atoms with Crippen molar-refractivity contribution in [1.82, 2.24) is 4.90 Å². The zero-order chi connectivity index (χ0) is 15.3. The lowest BCUT2D eigenvalue weighted by atomic mass is 10.1. The molecule has 0 bridgehead atoms. The highest BCUT2D eigenvalue weighted by Crippen LogP contribution is 2.38. The normalized spacial score (nSPS) is 18.3. The van der Waals surface area contributed by atoms with Crippen molar-refractivity contribution in [3.63, 3.8) is 0 Å². The molecule has 4 heteroatoms. The molecule has 2 amide bonds. The van der Waals surface area contributed by atoms with E-state index in [9.17, 15) is 9.59 Å². The minimum atomic E-state index is -0.455. The SMILES string of the molecule is C[C@H](C(=O)N1CCCC1)N1C(=O)c2cccc3cccc1c23. The van der Waals surface area contributed by atoms with Crippen LogP contribution in [0.15, 0.2) is 36.4 Å². The van der Waals surface area contributed by atoms with Crippen molar-refractivity contribution >= 4 is 28.3 Å². The molecule has 1 atom stereocenters. The molecule has 0 radical (unpaired) electrons. The molecule has 2 aromatic carbocycles. The van der Waals surface area contributed by atoms with Gasteiger partial charge in [-0.2, -0.15) is 0 Å². The number of benzene rings is 2. The van der Waals surface area contributed by atoms with Gasteiger partial charge in [-0.3, -0.25) is 14.5 Å². The fourth-order valence-corrected chi connectivity index (χ4v) is 3.64. The van der Waals surface area contributed by atoms with E-state index in [1.807, 2.05) is 48.2 Å². The minimum absolute atomic E-state index is 0.0515. The van der Waals surface area contributed by atoms with Gasteiger partial charge in [0, 0.05) is 24.0 Å². The summed E-state index contributed by atoms with van der Waals surface area (Å²) in [6.45, 7) is 3.45. The molecule has 0 N–H and O–H groups in total. The van der Waals surface area contributed by atoms with Crippen molar-refractivity contribution in [2.75, 3.05) is 18.0 Å². The van der Waals surface area contributed by atoms with Gasteiger partial charge in [-0.15, -0.1) is 0 Å². The van der Waals surface area contributed by atoms with Gasteiger partial charge in [0.25, 0.3) is 5.91 Å². The first-order valence-corrected chi connectivity index (χ1v) is 7.82. The summed E-state index contributed by atoms with van der Waals surface area (Å²) in [5, 5.41) is 2.02. The lowest BCUT2D eigenvalue weighted by Crippen LogP contribution is -2.47. The molecule has 0 aliphatic carbocycles. The van der Waals surface area contributed by atoms with Crippen molar-refractivity contribution in [2.24, 2.45) is 0 Å². The molecule has 1 saturated heterocycles. The molecule has 0 aromatic heterocycles. The monoisotopic (exact) mass is 294 g/mol. The van der Waals surface area contributed by atoms with Crippen LogP contribution in [0.25, 0.3) is 10.8 Å². The van der Waals surface area contributed by atoms with Gasteiger partial charge in [0.1, 0.15) is 6.04 Å². The molecule has 2 aliphatic rings. The highest BCUT2D eigenvalue weighted by atomic mass is 16.2. The Morgan fingerprint density at radius 3 is 2.50 bits per heavy atom. The molecule has 2 heterocycles. The molecule has 1 fully saturated rings. The number of amides is 2. The second-order valence-electron chi connectivity index (χ2n) is 6.06. The van der Waals surface area contributed by atoms with Crippen molar-refractivity contribution in [3.8, 4) is 0 Å². The van der Waals surface area contributed by atoms with Gasteiger partial charge in [-0.25, -0.2) is 0 Å². The Hall–Kier alpha value is -2.36. The Morgan fingerprint density at radius 1 is 1.09 bits per heavy atom. The van der Waals surface area contributed by atoms with Crippen LogP contribution in [-0.4, -0.2) is 35.8 Å². The first-order chi connectivity index (χ1) is 10.7. The first kappa shape index (κ1) is 13.3. The summed E-state index contributed by atoms with van der Waals surface area (Å²) in [4.78, 5) is 29.0. The van der Waals surface area contributed by atoms with E-state index >= 15 is 0 Å². The number of carbonyl (C=O) groups is 2. The van der Waals surface area contributed by atoms with Crippen LogP contribution >= 0.6 is 0 Å². The number of anilines is 1. The van der Waals surface area contributed by atoms with Crippen LogP contribution in [0.2, 0.25) is 0 Å². The minimum Gasteiger partial charge on any atom is -0.341 e. The van der Waals surface area contributed by atoms with E-state index < -0.39 is 6.04 Å². The van der Waals surface area contributed by atoms with Gasteiger partial charge in [0.2, 0.25) is 5.91 Å². The highest BCUT2D eigenvalue weighted by Gasteiger charge is 2.37. The smallest absolute Gasteiger partial charge is 0.259 e. The number of hydrogen-bond acceptors (Lipinski definition) is 2. The number of likely N-dealkylation sites (tertiary alicyclic amines) is 1. The maximum absolute atomic E-state index is 12.8. The highest BCUT2D eigenvalue weighted by molar-refractivity contribution is 6.26. The van der Waals surface area contributed by atoms with E-state index in [0.29, 0.717) is 5.56 Å². The van der Waals surface area contributed by atoms with E-state index in [1.165, 1.54) is 0 Å². The standard InChI is InChI=1S/C18H18N2O2/c1-12(17(21)19-10-2-3-11-19)20-15-9-5-7-13-6-4-8-14(16(13)15)18(20)22/h4-9,12H,2-3,10-11H2,1H3/t12-/m1/s1. The van der Waals surface area contributed by atoms with Gasteiger partial charge in [-0.05, 0) is 37.3 Å². The number of rotatable bonds is 2. The average Bonchev–Trinajstić information content (AvgIpc) is 3.16.